The molecule has 0 aliphatic carbocycles. The second kappa shape index (κ2) is 7.48. The number of aromatic amines is 1. The highest BCUT2D eigenvalue weighted by atomic mass is 19.1. The first-order valence-corrected chi connectivity index (χ1v) is 8.75. The Labute approximate surface area is 159 Å². The van der Waals surface area contributed by atoms with E-state index in [4.69, 9.17) is 0 Å². The number of H-pyrrole nitrogens is 1. The number of amides is 1. The normalized spacial score (nSPS) is 12.0. The maximum absolute atomic E-state index is 13.4. The van der Waals surface area contributed by atoms with Crippen LogP contribution in [-0.4, -0.2) is 20.4 Å². The number of pyridine rings is 1. The largest absolute Gasteiger partial charge is 0.343 e. The summed E-state index contributed by atoms with van der Waals surface area (Å²) in [5.41, 5.74) is 2.61. The summed E-state index contributed by atoms with van der Waals surface area (Å²) < 4.78 is 15.3. The van der Waals surface area contributed by atoms with Gasteiger partial charge in [0.1, 0.15) is 5.82 Å². The molecule has 4 aromatic rings. The number of nitrogens with one attached hydrogen (secondary N) is 2. The second-order valence-electron chi connectivity index (χ2n) is 6.40. The minimum absolute atomic E-state index is 0.281. The molecular weight excluding hydrogens is 359 g/mol. The molecule has 0 spiro atoms. The van der Waals surface area contributed by atoms with Crippen LogP contribution in [0.15, 0.2) is 78.0 Å². The minimum atomic E-state index is -0.419. The molecule has 1 amide bonds. The van der Waals surface area contributed by atoms with E-state index in [1.54, 1.807) is 18.5 Å². The molecule has 1 atom stereocenters. The summed E-state index contributed by atoms with van der Waals surface area (Å²) in [5.74, 6) is -0.683. The zero-order chi connectivity index (χ0) is 19.5. The number of nitrogens with zero attached hydrogens (tertiary/aromatic N) is 2. The first-order chi connectivity index (χ1) is 13.6. The van der Waals surface area contributed by atoms with Crippen LogP contribution in [0.4, 0.5) is 4.39 Å². The summed E-state index contributed by atoms with van der Waals surface area (Å²) in [5, 5.41) is 2.96. The molecule has 0 saturated heterocycles. The molecule has 0 aliphatic rings. The van der Waals surface area contributed by atoms with Gasteiger partial charge in [0.2, 0.25) is 5.56 Å². The van der Waals surface area contributed by atoms with Crippen molar-refractivity contribution >= 4 is 16.9 Å². The summed E-state index contributed by atoms with van der Waals surface area (Å²) in [7, 11) is 0. The molecule has 1 unspecified atom stereocenters. The molecule has 0 bridgehead atoms. The third-order valence-electron chi connectivity index (χ3n) is 4.53. The average molecular weight is 376 g/mol. The van der Waals surface area contributed by atoms with Gasteiger partial charge in [-0.25, -0.2) is 9.37 Å². The number of carbonyl (C=O) groups excluding carboxylic acids is 1. The fourth-order valence-corrected chi connectivity index (χ4v) is 3.08. The lowest BCUT2D eigenvalue weighted by molar-refractivity contribution is 0.0932. The van der Waals surface area contributed by atoms with Crippen LogP contribution < -0.4 is 10.9 Å². The van der Waals surface area contributed by atoms with Gasteiger partial charge in [0.25, 0.3) is 5.91 Å². The van der Waals surface area contributed by atoms with Gasteiger partial charge in [0.15, 0.2) is 0 Å². The molecule has 0 aliphatic heterocycles. The molecule has 4 rings (SSSR count). The third kappa shape index (κ3) is 3.68. The number of rotatable bonds is 5. The van der Waals surface area contributed by atoms with E-state index >= 15 is 0 Å². The van der Waals surface area contributed by atoms with E-state index in [9.17, 15) is 14.0 Å². The first-order valence-electron chi connectivity index (χ1n) is 8.75. The van der Waals surface area contributed by atoms with Crippen LogP contribution in [0.3, 0.4) is 0 Å². The Balaban J connectivity index is 1.65. The predicted octanol–water partition coefficient (Wildman–Crippen LogP) is 3.04. The van der Waals surface area contributed by atoms with Crippen molar-refractivity contribution in [2.45, 2.75) is 12.6 Å². The molecule has 0 fully saturated rings. The topological polar surface area (TPSA) is 79.8 Å². The molecular formula is C21H17FN4O2. The number of para-hydroxylation sites is 2. The highest BCUT2D eigenvalue weighted by Crippen LogP contribution is 2.20. The van der Waals surface area contributed by atoms with Gasteiger partial charge < -0.3 is 14.9 Å². The Bertz CT molecular complexity index is 1160. The Morgan fingerprint density at radius 2 is 1.89 bits per heavy atom. The van der Waals surface area contributed by atoms with Crippen molar-refractivity contribution in [3.05, 3.63) is 100 Å². The number of fused-ring (bicyclic) bond motifs is 1. The van der Waals surface area contributed by atoms with Crippen LogP contribution in [0.2, 0.25) is 0 Å². The van der Waals surface area contributed by atoms with Crippen molar-refractivity contribution in [2.75, 3.05) is 0 Å². The number of hydrogen-bond donors (Lipinski definition) is 2. The number of aromatic nitrogens is 3. The van der Waals surface area contributed by atoms with Gasteiger partial charge in [0.05, 0.1) is 29.0 Å². The van der Waals surface area contributed by atoms with E-state index in [0.717, 1.165) is 16.6 Å². The molecule has 0 saturated carbocycles. The SMILES string of the molecule is O=C(NC(Cn1cnc2ccccc21)c1ccc(F)cc1)c1ccc(=O)[nH]c1. The lowest BCUT2D eigenvalue weighted by atomic mass is 10.1. The van der Waals surface area contributed by atoms with E-state index in [0.29, 0.717) is 12.1 Å². The van der Waals surface area contributed by atoms with Gasteiger partial charge in [-0.15, -0.1) is 0 Å². The number of halogens is 1. The van der Waals surface area contributed by atoms with Crippen LogP contribution in [0.1, 0.15) is 22.0 Å². The van der Waals surface area contributed by atoms with Crippen LogP contribution in [0, 0.1) is 5.82 Å². The van der Waals surface area contributed by atoms with Crippen molar-refractivity contribution < 1.29 is 9.18 Å². The molecule has 2 N–H and O–H groups in total. The Morgan fingerprint density at radius 1 is 1.11 bits per heavy atom. The maximum atomic E-state index is 13.4. The van der Waals surface area contributed by atoms with Crippen LogP contribution in [-0.2, 0) is 6.54 Å². The number of benzene rings is 2. The summed E-state index contributed by atoms with van der Waals surface area (Å²) in [6, 6.07) is 16.1. The van der Waals surface area contributed by atoms with Gasteiger partial charge in [0, 0.05) is 18.8 Å². The summed E-state index contributed by atoms with van der Waals surface area (Å²) in [4.78, 5) is 30.8. The molecule has 28 heavy (non-hydrogen) atoms. The lowest BCUT2D eigenvalue weighted by Crippen LogP contribution is -2.31. The van der Waals surface area contributed by atoms with E-state index < -0.39 is 6.04 Å². The smallest absolute Gasteiger partial charge is 0.253 e. The number of imidazole rings is 1. The van der Waals surface area contributed by atoms with Gasteiger partial charge in [-0.3, -0.25) is 9.59 Å². The molecule has 2 heterocycles. The van der Waals surface area contributed by atoms with Gasteiger partial charge >= 0.3 is 0 Å². The summed E-state index contributed by atoms with van der Waals surface area (Å²) >= 11 is 0. The number of carbonyl (C=O) groups is 1. The summed E-state index contributed by atoms with van der Waals surface area (Å²) in [6.07, 6.45) is 3.08. The van der Waals surface area contributed by atoms with Crippen LogP contribution >= 0.6 is 0 Å². The van der Waals surface area contributed by atoms with Crippen LogP contribution in [0.25, 0.3) is 11.0 Å². The highest BCUT2D eigenvalue weighted by molar-refractivity contribution is 5.94. The van der Waals surface area contributed by atoms with Crippen molar-refractivity contribution in [3.63, 3.8) is 0 Å². The Kier molecular flexibility index (Phi) is 4.72. The predicted molar refractivity (Wildman–Crippen MR) is 103 cm³/mol. The maximum Gasteiger partial charge on any atom is 0.253 e. The van der Waals surface area contributed by atoms with Crippen molar-refractivity contribution in [1.82, 2.24) is 19.9 Å². The standard InChI is InChI=1S/C21H17FN4O2/c22-16-8-5-14(6-9-16)18(25-21(28)15-7-10-20(27)23-11-15)12-26-13-24-17-3-1-2-4-19(17)26/h1-11,13,18H,12H2,(H,23,27)(H,25,28). The molecule has 2 aromatic carbocycles. The average Bonchev–Trinajstić information content (AvgIpc) is 3.11. The zero-order valence-electron chi connectivity index (χ0n) is 14.8. The van der Waals surface area contributed by atoms with E-state index in [-0.39, 0.29) is 17.3 Å². The van der Waals surface area contributed by atoms with Gasteiger partial charge in [-0.2, -0.15) is 0 Å². The summed E-state index contributed by atoms with van der Waals surface area (Å²) in [6.45, 7) is 0.418. The molecule has 140 valence electrons. The molecule has 7 heteroatoms. The third-order valence-corrected chi connectivity index (χ3v) is 4.53. The highest BCUT2D eigenvalue weighted by Gasteiger charge is 2.18. The monoisotopic (exact) mass is 376 g/mol. The van der Waals surface area contributed by atoms with Crippen LogP contribution in [0.5, 0.6) is 0 Å². The number of hydrogen-bond acceptors (Lipinski definition) is 3. The van der Waals surface area contributed by atoms with Crippen molar-refractivity contribution in [3.8, 4) is 0 Å². The molecule has 2 aromatic heterocycles. The lowest BCUT2D eigenvalue weighted by Gasteiger charge is -2.20. The van der Waals surface area contributed by atoms with Crippen molar-refractivity contribution in [2.24, 2.45) is 0 Å². The van der Waals surface area contributed by atoms with Gasteiger partial charge in [-0.1, -0.05) is 24.3 Å². The Morgan fingerprint density at radius 3 is 2.64 bits per heavy atom. The van der Waals surface area contributed by atoms with Gasteiger partial charge in [-0.05, 0) is 35.9 Å². The molecule has 0 radical (unpaired) electrons. The fourth-order valence-electron chi connectivity index (χ4n) is 3.08. The minimum Gasteiger partial charge on any atom is -0.343 e. The molecule has 6 nitrogen and oxygen atoms in total. The van der Waals surface area contributed by atoms with Crippen molar-refractivity contribution in [1.29, 1.82) is 0 Å². The first kappa shape index (κ1) is 17.7. The van der Waals surface area contributed by atoms with E-state index in [2.05, 4.69) is 15.3 Å². The second-order valence-corrected chi connectivity index (χ2v) is 6.40. The van der Waals surface area contributed by atoms with E-state index in [1.165, 1.54) is 30.5 Å². The Hall–Kier alpha value is -3.74. The fraction of sp³-hybridized carbons (Fsp3) is 0.0952. The van der Waals surface area contributed by atoms with E-state index in [1.807, 2.05) is 28.8 Å². The zero-order valence-corrected chi connectivity index (χ0v) is 14.8. The quantitative estimate of drug-likeness (QED) is 0.562.